The molecule has 1 aliphatic rings. The van der Waals surface area contributed by atoms with E-state index < -0.39 is 11.8 Å². The van der Waals surface area contributed by atoms with Crippen molar-refractivity contribution in [2.45, 2.75) is 96.8 Å². The van der Waals surface area contributed by atoms with Gasteiger partial charge in [-0.15, -0.1) is 0 Å². The van der Waals surface area contributed by atoms with Crippen LogP contribution in [0.5, 0.6) is 0 Å². The monoisotopic (exact) mass is 448 g/mol. The van der Waals surface area contributed by atoms with E-state index >= 15 is 0 Å². The highest BCUT2D eigenvalue weighted by Crippen LogP contribution is 2.33. The van der Waals surface area contributed by atoms with Crippen LogP contribution in [0, 0.1) is 11.8 Å². The van der Waals surface area contributed by atoms with Crippen molar-refractivity contribution in [1.82, 2.24) is 9.97 Å². The number of hydrogen-bond donors (Lipinski definition) is 0. The molecule has 1 aromatic heterocycles. The van der Waals surface area contributed by atoms with Gasteiger partial charge in [-0.3, -0.25) is 9.59 Å². The average molecular weight is 449 g/mol. The molecular weight excluding hydrogens is 408 g/mol. The van der Waals surface area contributed by atoms with Gasteiger partial charge in [0, 0.05) is 18.8 Å². The van der Waals surface area contributed by atoms with Crippen LogP contribution in [0.15, 0.2) is 42.7 Å². The van der Waals surface area contributed by atoms with E-state index in [4.69, 9.17) is 0 Å². The van der Waals surface area contributed by atoms with Crippen molar-refractivity contribution in [2.24, 2.45) is 11.8 Å². The lowest BCUT2D eigenvalue weighted by molar-refractivity contribution is -0.135. The maximum atomic E-state index is 13.5. The van der Waals surface area contributed by atoms with Crippen molar-refractivity contribution in [3.63, 3.8) is 0 Å². The molecule has 3 unspecified atom stereocenters. The number of carbonyl (C=O) groups excluding carboxylic acids is 2. The molecule has 4 nitrogen and oxygen atoms in total. The average Bonchev–Trinajstić information content (AvgIpc) is 2.82. The summed E-state index contributed by atoms with van der Waals surface area (Å²) in [6, 6.07) is 9.67. The lowest BCUT2D eigenvalue weighted by Gasteiger charge is -2.27. The molecule has 0 bridgehead atoms. The number of benzene rings is 1. The Morgan fingerprint density at radius 1 is 0.939 bits per heavy atom. The van der Waals surface area contributed by atoms with Crippen molar-refractivity contribution in [2.75, 3.05) is 0 Å². The Hall–Kier alpha value is -2.36. The molecule has 0 saturated heterocycles. The molecule has 0 spiro atoms. The van der Waals surface area contributed by atoms with Crippen LogP contribution in [0.2, 0.25) is 0 Å². The molecule has 0 radical (unpaired) electrons. The third kappa shape index (κ3) is 7.58. The van der Waals surface area contributed by atoms with Crippen LogP contribution in [0.4, 0.5) is 0 Å². The van der Waals surface area contributed by atoms with Gasteiger partial charge in [-0.05, 0) is 42.7 Å². The number of rotatable bonds is 13. The molecule has 4 heteroatoms. The summed E-state index contributed by atoms with van der Waals surface area (Å²) in [6.45, 7) is 4.34. The van der Waals surface area contributed by atoms with Gasteiger partial charge in [-0.1, -0.05) is 89.1 Å². The van der Waals surface area contributed by atoms with Gasteiger partial charge in [-0.25, -0.2) is 9.97 Å². The molecule has 1 aliphatic carbocycles. The molecule has 1 heterocycles. The first kappa shape index (κ1) is 25.3. The number of Topliss-reactive ketones (excluding diaryl/α,β-unsaturated/α-hetero) is 2. The summed E-state index contributed by atoms with van der Waals surface area (Å²) in [5.41, 5.74) is 1.98. The van der Waals surface area contributed by atoms with Gasteiger partial charge in [-0.2, -0.15) is 0 Å². The second-order valence-electron chi connectivity index (χ2n) is 9.83. The Labute approximate surface area is 199 Å². The van der Waals surface area contributed by atoms with Crippen molar-refractivity contribution < 1.29 is 9.59 Å². The Balaban J connectivity index is 1.62. The molecule has 33 heavy (non-hydrogen) atoms. The van der Waals surface area contributed by atoms with Gasteiger partial charge < -0.3 is 0 Å². The fourth-order valence-electron chi connectivity index (χ4n) is 4.89. The summed E-state index contributed by atoms with van der Waals surface area (Å²) in [7, 11) is 0. The van der Waals surface area contributed by atoms with Crippen molar-refractivity contribution in [1.29, 1.82) is 0 Å². The first-order chi connectivity index (χ1) is 16.1. The zero-order chi connectivity index (χ0) is 23.5. The Bertz CT molecular complexity index is 863. The topological polar surface area (TPSA) is 59.9 Å². The summed E-state index contributed by atoms with van der Waals surface area (Å²) in [5, 5.41) is 0. The van der Waals surface area contributed by atoms with Crippen LogP contribution in [-0.2, 0) is 16.0 Å². The van der Waals surface area contributed by atoms with Gasteiger partial charge >= 0.3 is 0 Å². The number of hydrogen-bond acceptors (Lipinski definition) is 4. The first-order valence-electron chi connectivity index (χ1n) is 13.0. The summed E-state index contributed by atoms with van der Waals surface area (Å²) in [5.74, 6) is -0.210. The molecular formula is C29H40N2O2. The molecule has 1 fully saturated rings. The van der Waals surface area contributed by atoms with Crippen LogP contribution in [0.3, 0.4) is 0 Å². The van der Waals surface area contributed by atoms with Gasteiger partial charge in [0.05, 0.1) is 5.92 Å². The molecule has 2 aromatic rings. The second kappa shape index (κ2) is 13.4. The summed E-state index contributed by atoms with van der Waals surface area (Å²) < 4.78 is 0. The highest BCUT2D eigenvalue weighted by molar-refractivity contribution is 6.06. The van der Waals surface area contributed by atoms with E-state index in [1.165, 1.54) is 44.9 Å². The first-order valence-corrected chi connectivity index (χ1v) is 13.0. The number of unbranched alkanes of at least 4 members (excludes halogenated alkanes) is 7. The van der Waals surface area contributed by atoms with E-state index in [-0.39, 0.29) is 11.6 Å². The van der Waals surface area contributed by atoms with Crippen LogP contribution in [-0.4, -0.2) is 21.5 Å². The van der Waals surface area contributed by atoms with Crippen molar-refractivity contribution >= 4 is 11.6 Å². The minimum Gasteiger partial charge on any atom is -0.299 e. The SMILES string of the molecule is CCCCCCCCCCc1cnc(C(C(=O)C2CCC(C)CC2=O)c2ccccc2)nc1. The molecule has 0 aliphatic heterocycles. The fourth-order valence-corrected chi connectivity index (χ4v) is 4.89. The number of carbonyl (C=O) groups is 2. The number of ketones is 2. The van der Waals surface area contributed by atoms with E-state index in [0.29, 0.717) is 24.6 Å². The van der Waals surface area contributed by atoms with Crippen LogP contribution >= 0.6 is 0 Å². The normalized spacial score (nSPS) is 19.4. The number of aryl methyl sites for hydroxylation is 1. The fraction of sp³-hybridized carbons (Fsp3) is 0.586. The largest absolute Gasteiger partial charge is 0.299 e. The Kier molecular flexibility index (Phi) is 10.2. The minimum atomic E-state index is -0.578. The maximum absolute atomic E-state index is 13.5. The van der Waals surface area contributed by atoms with Crippen LogP contribution in [0.25, 0.3) is 0 Å². The van der Waals surface area contributed by atoms with E-state index in [2.05, 4.69) is 23.8 Å². The van der Waals surface area contributed by atoms with E-state index in [0.717, 1.165) is 30.4 Å². The summed E-state index contributed by atoms with van der Waals surface area (Å²) >= 11 is 0. The number of aromatic nitrogens is 2. The van der Waals surface area contributed by atoms with Gasteiger partial charge in [0.25, 0.3) is 0 Å². The van der Waals surface area contributed by atoms with Crippen molar-refractivity contribution in [3.8, 4) is 0 Å². The zero-order valence-electron chi connectivity index (χ0n) is 20.5. The van der Waals surface area contributed by atoms with Crippen LogP contribution < -0.4 is 0 Å². The third-order valence-electron chi connectivity index (χ3n) is 6.95. The smallest absolute Gasteiger partial charge is 0.158 e. The predicted molar refractivity (Wildman–Crippen MR) is 133 cm³/mol. The van der Waals surface area contributed by atoms with Crippen LogP contribution in [0.1, 0.15) is 107 Å². The Morgan fingerprint density at radius 3 is 2.21 bits per heavy atom. The Morgan fingerprint density at radius 2 is 1.58 bits per heavy atom. The van der Waals surface area contributed by atoms with Gasteiger partial charge in [0.15, 0.2) is 5.78 Å². The molecule has 0 amide bonds. The predicted octanol–water partition coefficient (Wildman–Crippen LogP) is 6.87. The summed E-state index contributed by atoms with van der Waals surface area (Å²) in [6.07, 6.45) is 17.1. The molecule has 3 rings (SSSR count). The number of nitrogens with zero attached hydrogens (tertiary/aromatic N) is 2. The van der Waals surface area contributed by atoms with Crippen molar-refractivity contribution in [3.05, 3.63) is 59.7 Å². The lowest BCUT2D eigenvalue weighted by Crippen LogP contribution is -2.34. The maximum Gasteiger partial charge on any atom is 0.158 e. The van der Waals surface area contributed by atoms with Gasteiger partial charge in [0.1, 0.15) is 17.5 Å². The summed E-state index contributed by atoms with van der Waals surface area (Å²) in [4.78, 5) is 35.4. The van der Waals surface area contributed by atoms with E-state index in [9.17, 15) is 9.59 Å². The third-order valence-corrected chi connectivity index (χ3v) is 6.95. The minimum absolute atomic E-state index is 0.0473. The van der Waals surface area contributed by atoms with E-state index in [1.54, 1.807) is 0 Å². The molecule has 3 atom stereocenters. The zero-order valence-corrected chi connectivity index (χ0v) is 20.5. The van der Waals surface area contributed by atoms with Gasteiger partial charge in [0.2, 0.25) is 0 Å². The lowest BCUT2D eigenvalue weighted by atomic mass is 9.75. The standard InChI is InChI=1S/C29H40N2O2/c1-3-4-5-6-7-8-9-11-14-23-20-30-29(31-21-23)27(24-15-12-10-13-16-24)28(33)25-18-17-22(2)19-26(25)32/h10,12-13,15-16,20-22,25,27H,3-9,11,14,17-19H2,1-2H3. The second-order valence-corrected chi connectivity index (χ2v) is 9.83. The molecule has 1 saturated carbocycles. The van der Waals surface area contributed by atoms with E-state index in [1.807, 2.05) is 42.7 Å². The molecule has 178 valence electrons. The molecule has 1 aromatic carbocycles. The highest BCUT2D eigenvalue weighted by atomic mass is 16.2. The molecule has 0 N–H and O–H groups in total. The quantitative estimate of drug-likeness (QED) is 0.248. The highest BCUT2D eigenvalue weighted by Gasteiger charge is 2.38.